The Labute approximate surface area is 190 Å². The number of anilines is 1. The molecule has 0 aliphatic rings. The van der Waals surface area contributed by atoms with Crippen molar-refractivity contribution in [2.24, 2.45) is 0 Å². The minimum absolute atomic E-state index is 0.00688. The summed E-state index contributed by atoms with van der Waals surface area (Å²) in [5.74, 6) is -0.698. The van der Waals surface area contributed by atoms with Gasteiger partial charge in [-0.15, -0.1) is 0 Å². The fourth-order valence-electron chi connectivity index (χ4n) is 3.57. The van der Waals surface area contributed by atoms with Crippen LogP contribution in [0.3, 0.4) is 0 Å². The molecule has 5 nitrogen and oxygen atoms in total. The Balaban J connectivity index is 1.63. The molecule has 0 spiro atoms. The zero-order valence-corrected chi connectivity index (χ0v) is 17.9. The van der Waals surface area contributed by atoms with Crippen LogP contribution in [0.2, 0.25) is 5.02 Å². The van der Waals surface area contributed by atoms with Crippen molar-refractivity contribution in [1.29, 1.82) is 5.26 Å². The van der Waals surface area contributed by atoms with E-state index in [4.69, 9.17) is 11.6 Å². The SMILES string of the molecule is Cc1[nH]c2ccccc2c1C(=O)C(C#N)=Cc1cccc(NC(=O)c2ccccc2Cl)c1. The highest BCUT2D eigenvalue weighted by Gasteiger charge is 2.19. The van der Waals surface area contributed by atoms with Gasteiger partial charge in [-0.1, -0.05) is 54.1 Å². The number of para-hydroxylation sites is 1. The Morgan fingerprint density at radius 1 is 1.03 bits per heavy atom. The summed E-state index contributed by atoms with van der Waals surface area (Å²) in [6, 6.07) is 23.2. The number of hydrogen-bond donors (Lipinski definition) is 2. The molecule has 0 saturated heterocycles. The predicted molar refractivity (Wildman–Crippen MR) is 127 cm³/mol. The van der Waals surface area contributed by atoms with Gasteiger partial charge in [0.25, 0.3) is 5.91 Å². The Kier molecular flexibility index (Phi) is 5.89. The molecule has 0 radical (unpaired) electrons. The van der Waals surface area contributed by atoms with Crippen LogP contribution in [-0.2, 0) is 0 Å². The van der Waals surface area contributed by atoms with Gasteiger partial charge in [0.2, 0.25) is 5.78 Å². The molecule has 0 aliphatic carbocycles. The van der Waals surface area contributed by atoms with E-state index in [-0.39, 0.29) is 17.3 Å². The largest absolute Gasteiger partial charge is 0.358 e. The van der Waals surface area contributed by atoms with Gasteiger partial charge in [0.15, 0.2) is 0 Å². The lowest BCUT2D eigenvalue weighted by atomic mass is 9.99. The molecule has 6 heteroatoms. The van der Waals surface area contributed by atoms with E-state index < -0.39 is 0 Å². The molecule has 0 bridgehead atoms. The first-order chi connectivity index (χ1) is 15.5. The maximum Gasteiger partial charge on any atom is 0.257 e. The second kappa shape index (κ2) is 8.93. The molecule has 1 heterocycles. The van der Waals surface area contributed by atoms with Gasteiger partial charge in [-0.3, -0.25) is 9.59 Å². The van der Waals surface area contributed by atoms with Gasteiger partial charge in [0.05, 0.1) is 16.1 Å². The third-order valence-electron chi connectivity index (χ3n) is 5.06. The first kappa shape index (κ1) is 21.1. The first-order valence-electron chi connectivity index (χ1n) is 9.87. The standard InChI is InChI=1S/C26H18ClN3O2/c1-16-24(21-10-3-5-12-23(21)29-16)25(31)18(15-28)13-17-7-6-8-19(14-17)30-26(32)20-9-2-4-11-22(20)27/h2-14,29H,1H3,(H,30,32). The lowest BCUT2D eigenvalue weighted by Crippen LogP contribution is -2.12. The van der Waals surface area contributed by atoms with Crippen molar-refractivity contribution < 1.29 is 9.59 Å². The number of nitriles is 1. The highest BCUT2D eigenvalue weighted by Crippen LogP contribution is 2.26. The summed E-state index contributed by atoms with van der Waals surface area (Å²) in [7, 11) is 0. The fraction of sp³-hybridized carbons (Fsp3) is 0.0385. The van der Waals surface area contributed by atoms with Gasteiger partial charge in [-0.25, -0.2) is 0 Å². The van der Waals surface area contributed by atoms with Crippen molar-refractivity contribution >= 4 is 46.0 Å². The van der Waals surface area contributed by atoms with Crippen molar-refractivity contribution in [3.05, 3.63) is 106 Å². The summed E-state index contributed by atoms with van der Waals surface area (Å²) < 4.78 is 0. The number of allylic oxidation sites excluding steroid dienone is 1. The summed E-state index contributed by atoms with van der Waals surface area (Å²) in [6.07, 6.45) is 1.52. The summed E-state index contributed by atoms with van der Waals surface area (Å²) in [5, 5.41) is 13.6. The summed E-state index contributed by atoms with van der Waals surface area (Å²) in [6.45, 7) is 1.81. The van der Waals surface area contributed by atoms with Crippen molar-refractivity contribution in [2.75, 3.05) is 5.32 Å². The minimum atomic E-state index is -0.354. The van der Waals surface area contributed by atoms with E-state index in [1.165, 1.54) is 6.08 Å². The molecule has 1 aromatic heterocycles. The van der Waals surface area contributed by atoms with E-state index in [1.54, 1.807) is 48.5 Å². The Bertz CT molecular complexity index is 1430. The molecule has 2 N–H and O–H groups in total. The van der Waals surface area contributed by atoms with Crippen LogP contribution >= 0.6 is 11.6 Å². The van der Waals surface area contributed by atoms with E-state index in [9.17, 15) is 14.9 Å². The van der Waals surface area contributed by atoms with Crippen LogP contribution in [0.4, 0.5) is 5.69 Å². The number of halogens is 1. The number of aromatic amines is 1. The number of hydrogen-bond acceptors (Lipinski definition) is 3. The van der Waals surface area contributed by atoms with Gasteiger partial charge in [0, 0.05) is 22.3 Å². The zero-order valence-electron chi connectivity index (χ0n) is 17.1. The summed E-state index contributed by atoms with van der Waals surface area (Å²) in [5.41, 5.74) is 3.54. The number of nitrogens with one attached hydrogen (secondary N) is 2. The average Bonchev–Trinajstić information content (AvgIpc) is 3.13. The van der Waals surface area contributed by atoms with Gasteiger partial charge in [-0.2, -0.15) is 5.26 Å². The maximum atomic E-state index is 13.2. The normalized spacial score (nSPS) is 11.2. The number of fused-ring (bicyclic) bond motifs is 1. The summed E-state index contributed by atoms with van der Waals surface area (Å²) in [4.78, 5) is 28.9. The Morgan fingerprint density at radius 3 is 2.56 bits per heavy atom. The van der Waals surface area contributed by atoms with Crippen molar-refractivity contribution in [3.63, 3.8) is 0 Å². The molecule has 0 unspecified atom stereocenters. The lowest BCUT2D eigenvalue weighted by molar-refractivity contribution is 0.102. The van der Waals surface area contributed by atoms with Crippen LogP contribution in [-0.4, -0.2) is 16.7 Å². The molecule has 1 amide bonds. The molecule has 4 aromatic rings. The maximum absolute atomic E-state index is 13.2. The fourth-order valence-corrected chi connectivity index (χ4v) is 3.79. The molecule has 32 heavy (non-hydrogen) atoms. The molecule has 0 fully saturated rings. The third kappa shape index (κ3) is 4.18. The number of amides is 1. The molecular weight excluding hydrogens is 422 g/mol. The van der Waals surface area contributed by atoms with E-state index in [0.717, 1.165) is 10.9 Å². The number of aromatic nitrogens is 1. The quantitative estimate of drug-likeness (QED) is 0.221. The number of carbonyl (C=O) groups excluding carboxylic acids is 2. The second-order valence-corrected chi connectivity index (χ2v) is 7.64. The molecule has 4 rings (SSSR count). The first-order valence-corrected chi connectivity index (χ1v) is 10.3. The number of ketones is 1. The van der Waals surface area contributed by atoms with E-state index in [0.29, 0.717) is 33.1 Å². The van der Waals surface area contributed by atoms with Crippen LogP contribution in [0.1, 0.15) is 32.0 Å². The van der Waals surface area contributed by atoms with Crippen LogP contribution in [0, 0.1) is 18.3 Å². The van der Waals surface area contributed by atoms with Crippen LogP contribution in [0.5, 0.6) is 0 Å². The van der Waals surface area contributed by atoms with Crippen LogP contribution in [0.25, 0.3) is 17.0 Å². The van der Waals surface area contributed by atoms with E-state index in [2.05, 4.69) is 10.3 Å². The minimum Gasteiger partial charge on any atom is -0.358 e. The summed E-state index contributed by atoms with van der Waals surface area (Å²) >= 11 is 6.10. The predicted octanol–water partition coefficient (Wildman–Crippen LogP) is 6.17. The van der Waals surface area contributed by atoms with Gasteiger partial charge in [-0.05, 0) is 48.9 Å². The van der Waals surface area contributed by atoms with Crippen molar-refractivity contribution in [2.45, 2.75) is 6.92 Å². The molecular formula is C26H18ClN3O2. The van der Waals surface area contributed by atoms with Gasteiger partial charge < -0.3 is 10.3 Å². The van der Waals surface area contributed by atoms with Gasteiger partial charge >= 0.3 is 0 Å². The highest BCUT2D eigenvalue weighted by molar-refractivity contribution is 6.34. The lowest BCUT2D eigenvalue weighted by Gasteiger charge is -2.08. The number of nitrogens with zero attached hydrogens (tertiary/aromatic N) is 1. The van der Waals surface area contributed by atoms with Crippen LogP contribution < -0.4 is 5.32 Å². The Hall–Kier alpha value is -4.14. The monoisotopic (exact) mass is 439 g/mol. The molecule has 0 atom stereocenters. The molecule has 0 saturated carbocycles. The smallest absolute Gasteiger partial charge is 0.257 e. The average molecular weight is 440 g/mol. The molecule has 156 valence electrons. The van der Waals surface area contributed by atoms with Gasteiger partial charge in [0.1, 0.15) is 11.6 Å². The second-order valence-electron chi connectivity index (χ2n) is 7.23. The number of Topliss-reactive ketones (excluding diaryl/α,β-unsaturated/α-hetero) is 1. The zero-order chi connectivity index (χ0) is 22.7. The Morgan fingerprint density at radius 2 is 1.78 bits per heavy atom. The number of benzene rings is 3. The number of H-pyrrole nitrogens is 1. The van der Waals surface area contributed by atoms with E-state index in [1.807, 2.05) is 37.3 Å². The molecule has 3 aromatic carbocycles. The number of aryl methyl sites for hydroxylation is 1. The van der Waals surface area contributed by atoms with E-state index >= 15 is 0 Å². The van der Waals surface area contributed by atoms with Crippen molar-refractivity contribution in [1.82, 2.24) is 4.98 Å². The third-order valence-corrected chi connectivity index (χ3v) is 5.39. The topological polar surface area (TPSA) is 85.8 Å². The van der Waals surface area contributed by atoms with Crippen LogP contribution in [0.15, 0.2) is 78.4 Å². The highest BCUT2D eigenvalue weighted by atomic mass is 35.5. The van der Waals surface area contributed by atoms with Crippen molar-refractivity contribution in [3.8, 4) is 6.07 Å². The number of rotatable bonds is 5. The molecule has 0 aliphatic heterocycles. The number of carbonyl (C=O) groups is 2.